The Morgan fingerprint density at radius 3 is 2.59 bits per heavy atom. The summed E-state index contributed by atoms with van der Waals surface area (Å²) < 4.78 is 38.0. The van der Waals surface area contributed by atoms with E-state index in [4.69, 9.17) is 5.73 Å². The number of nitrogens with one attached hydrogen (secondary N) is 2. The molecule has 27 heavy (non-hydrogen) atoms. The van der Waals surface area contributed by atoms with E-state index in [1.54, 1.807) is 0 Å². The van der Waals surface area contributed by atoms with Gasteiger partial charge in [-0.2, -0.15) is 13.2 Å². The van der Waals surface area contributed by atoms with E-state index in [1.807, 2.05) is 0 Å². The maximum atomic E-state index is 12.7. The first-order chi connectivity index (χ1) is 12.6. The molecule has 1 fully saturated rings. The van der Waals surface area contributed by atoms with Gasteiger partial charge in [-0.3, -0.25) is 19.7 Å². The number of carbonyl (C=O) groups is 2. The topological polar surface area (TPSA) is 127 Å². The molecular formula is C16H19F3N4O4. The SMILES string of the molecule is NC(=O)C1CCCC1NC(=O)CCNc1ccc(C(F)(F)F)cc1[N+](=O)[O-]. The molecule has 0 aromatic heterocycles. The minimum Gasteiger partial charge on any atom is -0.379 e. The average molecular weight is 388 g/mol. The molecule has 0 heterocycles. The van der Waals surface area contributed by atoms with E-state index in [9.17, 15) is 32.9 Å². The van der Waals surface area contributed by atoms with Gasteiger partial charge in [0.25, 0.3) is 5.69 Å². The van der Waals surface area contributed by atoms with E-state index in [0.29, 0.717) is 18.9 Å². The Morgan fingerprint density at radius 1 is 1.30 bits per heavy atom. The first-order valence-electron chi connectivity index (χ1n) is 8.27. The van der Waals surface area contributed by atoms with E-state index in [0.717, 1.165) is 18.6 Å². The van der Waals surface area contributed by atoms with E-state index in [-0.39, 0.29) is 30.6 Å². The molecule has 2 rings (SSSR count). The molecule has 1 aromatic carbocycles. The predicted octanol–water partition coefficient (Wildman–Crippen LogP) is 2.19. The van der Waals surface area contributed by atoms with Crippen LogP contribution in [0.15, 0.2) is 18.2 Å². The molecule has 4 N–H and O–H groups in total. The van der Waals surface area contributed by atoms with Crippen molar-refractivity contribution < 1.29 is 27.7 Å². The van der Waals surface area contributed by atoms with E-state index < -0.39 is 34.2 Å². The van der Waals surface area contributed by atoms with Crippen LogP contribution in [-0.4, -0.2) is 29.3 Å². The highest BCUT2D eigenvalue weighted by molar-refractivity contribution is 5.81. The van der Waals surface area contributed by atoms with Crippen molar-refractivity contribution in [2.75, 3.05) is 11.9 Å². The summed E-state index contributed by atoms with van der Waals surface area (Å²) in [6, 6.07) is 1.79. The number of primary amides is 1. The Balaban J connectivity index is 1.93. The van der Waals surface area contributed by atoms with Crippen LogP contribution in [0.25, 0.3) is 0 Å². The summed E-state index contributed by atoms with van der Waals surface area (Å²) >= 11 is 0. The van der Waals surface area contributed by atoms with E-state index >= 15 is 0 Å². The number of nitro benzene ring substituents is 1. The molecule has 1 aliphatic rings. The molecule has 0 bridgehead atoms. The fourth-order valence-corrected chi connectivity index (χ4v) is 3.07. The van der Waals surface area contributed by atoms with Gasteiger partial charge < -0.3 is 16.4 Å². The van der Waals surface area contributed by atoms with Crippen LogP contribution in [-0.2, 0) is 15.8 Å². The quantitative estimate of drug-likeness (QED) is 0.487. The van der Waals surface area contributed by atoms with Gasteiger partial charge in [-0.1, -0.05) is 6.42 Å². The molecule has 2 unspecified atom stereocenters. The molecule has 2 atom stereocenters. The first-order valence-corrected chi connectivity index (χ1v) is 8.27. The van der Waals surface area contributed by atoms with Crippen LogP contribution < -0.4 is 16.4 Å². The third-order valence-corrected chi connectivity index (χ3v) is 4.42. The lowest BCUT2D eigenvalue weighted by Gasteiger charge is -2.18. The Labute approximate surface area is 152 Å². The van der Waals surface area contributed by atoms with Crippen molar-refractivity contribution in [2.24, 2.45) is 11.7 Å². The summed E-state index contributed by atoms with van der Waals surface area (Å²) in [5.41, 5.74) is 3.31. The van der Waals surface area contributed by atoms with Gasteiger partial charge in [0, 0.05) is 25.1 Å². The van der Waals surface area contributed by atoms with E-state index in [2.05, 4.69) is 10.6 Å². The summed E-state index contributed by atoms with van der Waals surface area (Å²) in [6.45, 7) is -0.0218. The number of benzene rings is 1. The van der Waals surface area contributed by atoms with Gasteiger partial charge in [0.05, 0.1) is 16.4 Å². The number of halogens is 3. The highest BCUT2D eigenvalue weighted by atomic mass is 19.4. The fourth-order valence-electron chi connectivity index (χ4n) is 3.07. The van der Waals surface area contributed by atoms with Gasteiger partial charge in [0.15, 0.2) is 0 Å². The lowest BCUT2D eigenvalue weighted by atomic mass is 10.0. The molecule has 1 aliphatic carbocycles. The van der Waals surface area contributed by atoms with Crippen LogP contribution in [0.4, 0.5) is 24.5 Å². The van der Waals surface area contributed by atoms with Crippen LogP contribution in [0.1, 0.15) is 31.2 Å². The lowest BCUT2D eigenvalue weighted by molar-refractivity contribution is -0.384. The Bertz CT molecular complexity index is 739. The summed E-state index contributed by atoms with van der Waals surface area (Å²) in [5, 5.41) is 16.3. The van der Waals surface area contributed by atoms with Crippen molar-refractivity contribution in [3.05, 3.63) is 33.9 Å². The molecular weight excluding hydrogens is 369 g/mol. The molecule has 0 aliphatic heterocycles. The van der Waals surface area contributed by atoms with Gasteiger partial charge in [0.1, 0.15) is 5.69 Å². The van der Waals surface area contributed by atoms with Gasteiger partial charge in [0.2, 0.25) is 11.8 Å². The second-order valence-electron chi connectivity index (χ2n) is 6.28. The van der Waals surface area contributed by atoms with Crippen molar-refractivity contribution in [1.82, 2.24) is 5.32 Å². The number of nitrogens with zero attached hydrogens (tertiary/aromatic N) is 1. The van der Waals surface area contributed by atoms with Crippen LogP contribution >= 0.6 is 0 Å². The van der Waals surface area contributed by atoms with Crippen molar-refractivity contribution in [3.63, 3.8) is 0 Å². The largest absolute Gasteiger partial charge is 0.416 e. The maximum absolute atomic E-state index is 12.7. The third-order valence-electron chi connectivity index (χ3n) is 4.42. The van der Waals surface area contributed by atoms with Crippen molar-refractivity contribution in [2.45, 2.75) is 37.9 Å². The third kappa shape index (κ3) is 5.31. The van der Waals surface area contributed by atoms with Crippen LogP contribution in [0.5, 0.6) is 0 Å². The summed E-state index contributed by atoms with van der Waals surface area (Å²) in [5.74, 6) is -1.27. The monoisotopic (exact) mass is 388 g/mol. The standard InChI is InChI=1S/C16H19F3N4O4/c17-16(18,19)9-4-5-12(13(8-9)23(26)27)21-7-6-14(24)22-11-3-1-2-10(11)15(20)25/h4-5,8,10-11,21H,1-3,6-7H2,(H2,20,25)(H,22,24). The van der Waals surface area contributed by atoms with Crippen LogP contribution in [0.3, 0.4) is 0 Å². The number of anilines is 1. The van der Waals surface area contributed by atoms with Crippen molar-refractivity contribution in [1.29, 1.82) is 0 Å². The van der Waals surface area contributed by atoms with Gasteiger partial charge in [-0.25, -0.2) is 0 Å². The van der Waals surface area contributed by atoms with Crippen molar-refractivity contribution >= 4 is 23.2 Å². The molecule has 148 valence electrons. The number of alkyl halides is 3. The number of carbonyl (C=O) groups excluding carboxylic acids is 2. The van der Waals surface area contributed by atoms with Crippen molar-refractivity contribution in [3.8, 4) is 0 Å². The molecule has 8 nitrogen and oxygen atoms in total. The molecule has 2 amide bonds. The molecule has 1 saturated carbocycles. The molecule has 1 aromatic rings. The number of amides is 2. The molecule has 0 radical (unpaired) electrons. The number of nitrogens with two attached hydrogens (primary N) is 1. The normalized spacial score (nSPS) is 19.5. The van der Waals surface area contributed by atoms with Gasteiger partial charge in [-0.15, -0.1) is 0 Å². The Morgan fingerprint density at radius 2 is 2.00 bits per heavy atom. The average Bonchev–Trinajstić information content (AvgIpc) is 3.02. The highest BCUT2D eigenvalue weighted by Crippen LogP contribution is 2.35. The number of nitro groups is 1. The minimum absolute atomic E-state index is 0.0218. The Hall–Kier alpha value is -2.85. The van der Waals surface area contributed by atoms with Crippen LogP contribution in [0, 0.1) is 16.0 Å². The second-order valence-corrected chi connectivity index (χ2v) is 6.28. The first kappa shape index (κ1) is 20.5. The van der Waals surface area contributed by atoms with Crippen LogP contribution in [0.2, 0.25) is 0 Å². The van der Waals surface area contributed by atoms with Gasteiger partial charge in [-0.05, 0) is 25.0 Å². The summed E-state index contributed by atoms with van der Waals surface area (Å²) in [6.07, 6.45) is -2.75. The zero-order valence-corrected chi connectivity index (χ0v) is 14.2. The maximum Gasteiger partial charge on any atom is 0.416 e. The predicted molar refractivity (Wildman–Crippen MR) is 89.7 cm³/mol. The van der Waals surface area contributed by atoms with Gasteiger partial charge >= 0.3 is 6.18 Å². The fraction of sp³-hybridized carbons (Fsp3) is 0.500. The number of rotatable bonds is 7. The smallest absolute Gasteiger partial charge is 0.379 e. The molecule has 0 saturated heterocycles. The summed E-state index contributed by atoms with van der Waals surface area (Å²) in [4.78, 5) is 33.4. The lowest BCUT2D eigenvalue weighted by Crippen LogP contribution is -2.42. The summed E-state index contributed by atoms with van der Waals surface area (Å²) in [7, 11) is 0. The molecule has 11 heteroatoms. The second kappa shape index (κ2) is 8.23. The molecule has 0 spiro atoms. The Kier molecular flexibility index (Phi) is 6.24. The number of hydrogen-bond donors (Lipinski definition) is 3. The minimum atomic E-state index is -4.69. The highest BCUT2D eigenvalue weighted by Gasteiger charge is 2.33. The zero-order chi connectivity index (χ0) is 20.2. The van der Waals surface area contributed by atoms with E-state index in [1.165, 1.54) is 0 Å². The zero-order valence-electron chi connectivity index (χ0n) is 14.2. The number of hydrogen-bond acceptors (Lipinski definition) is 5.